The molecule has 0 aromatic heterocycles. The molecule has 0 aliphatic heterocycles. The van der Waals surface area contributed by atoms with Gasteiger partial charge in [0.15, 0.2) is 0 Å². The zero-order valence-corrected chi connectivity index (χ0v) is 16.9. The number of hydrogen-bond acceptors (Lipinski definition) is 4. The summed E-state index contributed by atoms with van der Waals surface area (Å²) in [7, 11) is 0. The van der Waals surface area contributed by atoms with Crippen molar-refractivity contribution in [3.05, 3.63) is 35.4 Å². The average molecular weight is 363 g/mol. The maximum atomic E-state index is 12.6. The molecule has 0 spiro atoms. The van der Waals surface area contributed by atoms with Gasteiger partial charge in [-0.05, 0) is 30.4 Å². The highest BCUT2D eigenvalue weighted by atomic mass is 16.5. The van der Waals surface area contributed by atoms with Gasteiger partial charge in [-0.2, -0.15) is 0 Å². The van der Waals surface area contributed by atoms with Crippen LogP contribution in [0.2, 0.25) is 0 Å². The second-order valence-corrected chi connectivity index (χ2v) is 7.45. The lowest BCUT2D eigenvalue weighted by atomic mass is 9.96. The first-order valence-electron chi connectivity index (χ1n) is 9.85. The lowest BCUT2D eigenvalue weighted by molar-refractivity contribution is 0.00282. The minimum absolute atomic E-state index is 0.190. The van der Waals surface area contributed by atoms with Crippen LogP contribution in [0.1, 0.15) is 87.4 Å². The molecule has 1 aromatic carbocycles. The van der Waals surface area contributed by atoms with Crippen molar-refractivity contribution in [1.29, 1.82) is 0 Å². The highest BCUT2D eigenvalue weighted by molar-refractivity contribution is 6.03. The Bertz CT molecular complexity index is 555. The summed E-state index contributed by atoms with van der Waals surface area (Å²) in [6, 6.07) is 6.71. The van der Waals surface area contributed by atoms with Gasteiger partial charge < -0.3 is 9.47 Å². The highest BCUT2D eigenvalue weighted by Crippen LogP contribution is 2.20. The summed E-state index contributed by atoms with van der Waals surface area (Å²) >= 11 is 0. The fraction of sp³-hybridized carbons (Fsp3) is 0.636. The lowest BCUT2D eigenvalue weighted by Crippen LogP contribution is -2.29. The third-order valence-electron chi connectivity index (χ3n) is 4.41. The van der Waals surface area contributed by atoms with Crippen molar-refractivity contribution in [1.82, 2.24) is 0 Å². The summed E-state index contributed by atoms with van der Waals surface area (Å²) in [6.45, 7) is 10.6. The standard InChI is InChI=1S/C22H34O4/c1-6-7-8-9-12-15-25-21(23)18-13-10-11-14-19(18)22(24)26-20(16(2)3)17(4)5/h10-11,13-14,16-17,20H,6-9,12,15H2,1-5H3. The molecule has 0 saturated carbocycles. The van der Waals surface area contributed by atoms with E-state index in [-0.39, 0.29) is 29.1 Å². The second-order valence-electron chi connectivity index (χ2n) is 7.45. The van der Waals surface area contributed by atoms with Gasteiger partial charge in [0.05, 0.1) is 17.7 Å². The Labute approximate surface area is 158 Å². The number of unbranched alkanes of at least 4 members (excludes halogenated alkanes) is 4. The summed E-state index contributed by atoms with van der Waals surface area (Å²) in [6.07, 6.45) is 5.25. The summed E-state index contributed by atoms with van der Waals surface area (Å²) in [5.74, 6) is -0.506. The molecule has 4 heteroatoms. The van der Waals surface area contributed by atoms with Crippen LogP contribution >= 0.6 is 0 Å². The first-order valence-corrected chi connectivity index (χ1v) is 9.85. The number of benzene rings is 1. The van der Waals surface area contributed by atoms with Crippen molar-refractivity contribution in [2.45, 2.75) is 72.8 Å². The Morgan fingerprint density at radius 2 is 1.38 bits per heavy atom. The maximum Gasteiger partial charge on any atom is 0.339 e. The fourth-order valence-electron chi connectivity index (χ4n) is 3.02. The highest BCUT2D eigenvalue weighted by Gasteiger charge is 2.25. The summed E-state index contributed by atoms with van der Waals surface area (Å²) in [4.78, 5) is 25.0. The van der Waals surface area contributed by atoms with Gasteiger partial charge in [0.2, 0.25) is 0 Å². The van der Waals surface area contributed by atoms with E-state index in [9.17, 15) is 9.59 Å². The molecular weight excluding hydrogens is 328 g/mol. The van der Waals surface area contributed by atoms with Crippen molar-refractivity contribution in [2.75, 3.05) is 6.61 Å². The molecule has 1 aromatic rings. The van der Waals surface area contributed by atoms with Crippen molar-refractivity contribution in [2.24, 2.45) is 11.8 Å². The minimum atomic E-state index is -0.465. The van der Waals surface area contributed by atoms with E-state index in [2.05, 4.69) is 6.92 Å². The SMILES string of the molecule is CCCCCCCOC(=O)c1ccccc1C(=O)OC(C(C)C)C(C)C. The van der Waals surface area contributed by atoms with Crippen molar-refractivity contribution >= 4 is 11.9 Å². The van der Waals surface area contributed by atoms with Gasteiger partial charge in [-0.25, -0.2) is 9.59 Å². The third-order valence-corrected chi connectivity index (χ3v) is 4.41. The average Bonchev–Trinajstić information content (AvgIpc) is 2.61. The van der Waals surface area contributed by atoms with Crippen molar-refractivity contribution in [3.8, 4) is 0 Å². The van der Waals surface area contributed by atoms with Crippen LogP contribution in [-0.4, -0.2) is 24.6 Å². The number of rotatable bonds is 11. The Balaban J connectivity index is 2.71. The first kappa shape index (κ1) is 22.2. The Hall–Kier alpha value is -1.84. The van der Waals surface area contributed by atoms with Crippen molar-refractivity contribution in [3.63, 3.8) is 0 Å². The van der Waals surface area contributed by atoms with Gasteiger partial charge in [-0.3, -0.25) is 0 Å². The van der Waals surface area contributed by atoms with Crippen LogP contribution in [0.15, 0.2) is 24.3 Å². The van der Waals surface area contributed by atoms with E-state index in [0.717, 1.165) is 19.3 Å². The lowest BCUT2D eigenvalue weighted by Gasteiger charge is -2.25. The Morgan fingerprint density at radius 3 is 1.92 bits per heavy atom. The number of carbonyl (C=O) groups excluding carboxylic acids is 2. The molecular formula is C22H34O4. The van der Waals surface area contributed by atoms with Crippen LogP contribution in [0.4, 0.5) is 0 Å². The van der Waals surface area contributed by atoms with E-state index in [0.29, 0.717) is 6.61 Å². The van der Waals surface area contributed by atoms with Gasteiger partial charge in [-0.1, -0.05) is 72.4 Å². The zero-order chi connectivity index (χ0) is 19.5. The number of ether oxygens (including phenoxy) is 2. The molecule has 0 aliphatic rings. The molecule has 0 unspecified atom stereocenters. The van der Waals surface area contributed by atoms with Crippen LogP contribution in [0.25, 0.3) is 0 Å². The van der Waals surface area contributed by atoms with Gasteiger partial charge in [-0.15, -0.1) is 0 Å². The van der Waals surface area contributed by atoms with Gasteiger partial charge in [0.1, 0.15) is 6.10 Å². The first-order chi connectivity index (χ1) is 12.4. The molecule has 0 N–H and O–H groups in total. The van der Waals surface area contributed by atoms with E-state index in [1.54, 1.807) is 24.3 Å². The minimum Gasteiger partial charge on any atom is -0.462 e. The number of hydrogen-bond donors (Lipinski definition) is 0. The van der Waals surface area contributed by atoms with E-state index in [4.69, 9.17) is 9.47 Å². The molecule has 0 amide bonds. The molecule has 0 radical (unpaired) electrons. The molecule has 0 atom stereocenters. The predicted molar refractivity (Wildman–Crippen MR) is 104 cm³/mol. The fourth-order valence-corrected chi connectivity index (χ4v) is 3.02. The van der Waals surface area contributed by atoms with Crippen LogP contribution in [0.3, 0.4) is 0 Å². The Morgan fingerprint density at radius 1 is 0.846 bits per heavy atom. The van der Waals surface area contributed by atoms with Gasteiger partial charge in [0, 0.05) is 0 Å². The molecule has 0 fully saturated rings. The molecule has 0 heterocycles. The quantitative estimate of drug-likeness (QED) is 0.377. The topological polar surface area (TPSA) is 52.6 Å². The normalized spacial score (nSPS) is 11.2. The number of esters is 2. The number of carbonyl (C=O) groups is 2. The van der Waals surface area contributed by atoms with Gasteiger partial charge in [0.25, 0.3) is 0 Å². The third kappa shape index (κ3) is 7.19. The van der Waals surface area contributed by atoms with Crippen LogP contribution < -0.4 is 0 Å². The van der Waals surface area contributed by atoms with Crippen LogP contribution in [-0.2, 0) is 9.47 Å². The molecule has 146 valence electrons. The molecule has 26 heavy (non-hydrogen) atoms. The Kier molecular flexibility index (Phi) is 10.0. The molecule has 0 aliphatic carbocycles. The maximum absolute atomic E-state index is 12.6. The summed E-state index contributed by atoms with van der Waals surface area (Å²) < 4.78 is 11.0. The van der Waals surface area contributed by atoms with Crippen LogP contribution in [0.5, 0.6) is 0 Å². The smallest absolute Gasteiger partial charge is 0.339 e. The summed E-state index contributed by atoms with van der Waals surface area (Å²) in [5, 5.41) is 0. The van der Waals surface area contributed by atoms with E-state index >= 15 is 0 Å². The predicted octanol–water partition coefficient (Wildman–Crippen LogP) is 5.65. The second kappa shape index (κ2) is 11.7. The van der Waals surface area contributed by atoms with Crippen molar-refractivity contribution < 1.29 is 19.1 Å². The molecule has 4 nitrogen and oxygen atoms in total. The largest absolute Gasteiger partial charge is 0.462 e. The monoisotopic (exact) mass is 362 g/mol. The van der Waals surface area contributed by atoms with Crippen LogP contribution in [0, 0.1) is 11.8 Å². The zero-order valence-electron chi connectivity index (χ0n) is 16.9. The van der Waals surface area contributed by atoms with E-state index < -0.39 is 11.9 Å². The van der Waals surface area contributed by atoms with E-state index in [1.807, 2.05) is 27.7 Å². The summed E-state index contributed by atoms with van der Waals surface area (Å²) in [5.41, 5.74) is 0.548. The molecule has 0 bridgehead atoms. The molecule has 1 rings (SSSR count). The van der Waals surface area contributed by atoms with E-state index in [1.165, 1.54) is 12.8 Å². The molecule has 0 saturated heterocycles. The van der Waals surface area contributed by atoms with Gasteiger partial charge >= 0.3 is 11.9 Å².